The summed E-state index contributed by atoms with van der Waals surface area (Å²) in [5.74, 6) is 0.0733. The Balaban J connectivity index is 1.28. The minimum Gasteiger partial charge on any atom is -0.352 e. The van der Waals surface area contributed by atoms with E-state index in [0.717, 1.165) is 5.82 Å². The van der Waals surface area contributed by atoms with Gasteiger partial charge < -0.3 is 9.80 Å². The molecule has 1 fully saturated rings. The summed E-state index contributed by atoms with van der Waals surface area (Å²) in [7, 11) is -3.88. The van der Waals surface area contributed by atoms with Gasteiger partial charge in [0.1, 0.15) is 5.82 Å². The van der Waals surface area contributed by atoms with E-state index in [2.05, 4.69) is 15.2 Å². The average molecular weight is 536 g/mol. The highest BCUT2D eigenvalue weighted by molar-refractivity contribution is 7.89. The Bertz CT molecular complexity index is 1430. The molecule has 0 bridgehead atoms. The maximum absolute atomic E-state index is 13.3. The van der Waals surface area contributed by atoms with Crippen LogP contribution in [0.4, 0.5) is 24.7 Å². The highest BCUT2D eigenvalue weighted by atomic mass is 32.2. The molecule has 14 heteroatoms. The van der Waals surface area contributed by atoms with Gasteiger partial charge in [0, 0.05) is 50.3 Å². The van der Waals surface area contributed by atoms with Gasteiger partial charge in [0.15, 0.2) is 11.6 Å². The van der Waals surface area contributed by atoms with Crippen molar-refractivity contribution in [1.82, 2.24) is 24.1 Å². The summed E-state index contributed by atoms with van der Waals surface area (Å²) in [5, 5.41) is 8.52. The molecule has 1 amide bonds. The number of piperazine rings is 1. The van der Waals surface area contributed by atoms with Gasteiger partial charge >= 0.3 is 12.1 Å². The van der Waals surface area contributed by atoms with Crippen molar-refractivity contribution in [3.8, 4) is 5.82 Å². The van der Waals surface area contributed by atoms with Crippen LogP contribution < -0.4 is 9.80 Å². The first-order valence-electron chi connectivity index (χ1n) is 11.6. The second-order valence-corrected chi connectivity index (χ2v) is 10.9. The molecule has 2 aliphatic rings. The molecular weight excluding hydrogens is 511 g/mol. The van der Waals surface area contributed by atoms with E-state index >= 15 is 0 Å². The van der Waals surface area contributed by atoms with Crippen molar-refractivity contribution in [2.75, 3.05) is 36.0 Å². The van der Waals surface area contributed by atoms with Crippen molar-refractivity contribution in [2.45, 2.75) is 37.4 Å². The highest BCUT2D eigenvalue weighted by Gasteiger charge is 2.47. The molecule has 1 atom stereocenters. The zero-order valence-electron chi connectivity index (χ0n) is 20.1. The van der Waals surface area contributed by atoms with E-state index in [-0.39, 0.29) is 30.1 Å². The van der Waals surface area contributed by atoms with Gasteiger partial charge in [-0.1, -0.05) is 0 Å². The van der Waals surface area contributed by atoms with Crippen molar-refractivity contribution in [3.63, 3.8) is 0 Å². The zero-order valence-corrected chi connectivity index (χ0v) is 20.9. The monoisotopic (exact) mass is 535 g/mol. The number of nitrogens with zero attached hydrogens (tertiary/aromatic N) is 7. The number of halogens is 3. The van der Waals surface area contributed by atoms with E-state index in [1.54, 1.807) is 17.0 Å². The Morgan fingerprint density at radius 3 is 2.30 bits per heavy atom. The first-order valence-corrected chi connectivity index (χ1v) is 13.0. The Kier molecular flexibility index (Phi) is 6.18. The van der Waals surface area contributed by atoms with E-state index in [4.69, 9.17) is 0 Å². The van der Waals surface area contributed by atoms with Crippen molar-refractivity contribution in [2.24, 2.45) is 0 Å². The molecule has 37 heavy (non-hydrogen) atoms. The molecule has 0 aliphatic carbocycles. The Morgan fingerprint density at radius 1 is 1.03 bits per heavy atom. The number of aryl methyl sites for hydroxylation is 1. The summed E-state index contributed by atoms with van der Waals surface area (Å²) in [6.07, 6.45) is -1.41. The smallest absolute Gasteiger partial charge is 0.352 e. The number of amides is 1. The quantitative estimate of drug-likeness (QED) is 0.505. The second kappa shape index (κ2) is 9.10. The molecule has 4 heterocycles. The third-order valence-electron chi connectivity index (χ3n) is 6.64. The van der Waals surface area contributed by atoms with Crippen LogP contribution in [0.2, 0.25) is 0 Å². The van der Waals surface area contributed by atoms with E-state index < -0.39 is 28.1 Å². The Labute approximate surface area is 211 Å². The lowest BCUT2D eigenvalue weighted by atomic mass is 10.1. The van der Waals surface area contributed by atoms with E-state index in [0.29, 0.717) is 35.2 Å². The molecule has 0 radical (unpaired) electrons. The molecule has 2 aromatic heterocycles. The lowest BCUT2D eigenvalue weighted by molar-refractivity contribution is -0.170. The third-order valence-corrected chi connectivity index (χ3v) is 8.53. The molecule has 1 saturated heterocycles. The summed E-state index contributed by atoms with van der Waals surface area (Å²) in [6.45, 7) is 4.56. The van der Waals surface area contributed by atoms with Crippen molar-refractivity contribution in [1.29, 1.82) is 0 Å². The van der Waals surface area contributed by atoms with Gasteiger partial charge in [-0.05, 0) is 56.2 Å². The maximum Gasteiger partial charge on any atom is 0.471 e. The fourth-order valence-corrected chi connectivity index (χ4v) is 6.23. The minimum absolute atomic E-state index is 0.00643. The molecule has 1 unspecified atom stereocenters. The van der Waals surface area contributed by atoms with Gasteiger partial charge in [0.2, 0.25) is 10.0 Å². The molecule has 196 valence electrons. The fourth-order valence-electron chi connectivity index (χ4n) is 4.76. The van der Waals surface area contributed by atoms with Crippen LogP contribution in [-0.4, -0.2) is 76.8 Å². The minimum atomic E-state index is -5.01. The molecule has 1 aromatic carbocycles. The molecular formula is C23H24F3N7O3S. The second-order valence-electron chi connectivity index (χ2n) is 9.00. The summed E-state index contributed by atoms with van der Waals surface area (Å²) in [5.41, 5.74) is 0.486. The summed E-state index contributed by atoms with van der Waals surface area (Å²) < 4.78 is 68.8. The van der Waals surface area contributed by atoms with E-state index in [1.165, 1.54) is 29.4 Å². The van der Waals surface area contributed by atoms with Gasteiger partial charge in [0.25, 0.3) is 0 Å². The largest absolute Gasteiger partial charge is 0.471 e. The lowest BCUT2D eigenvalue weighted by Crippen LogP contribution is -2.49. The van der Waals surface area contributed by atoms with Crippen LogP contribution in [0.5, 0.6) is 0 Å². The SMILES string of the molecule is Cc1nccn1-c1ccc(N2CCN(S(=O)(=O)c3ccc4c(c3)CC(C)N4C(=O)C(F)(F)F)CC2)nn1. The molecule has 10 nitrogen and oxygen atoms in total. The molecule has 3 aromatic rings. The normalized spacial score (nSPS) is 18.8. The maximum atomic E-state index is 13.3. The summed E-state index contributed by atoms with van der Waals surface area (Å²) >= 11 is 0. The molecule has 0 saturated carbocycles. The predicted octanol–water partition coefficient (Wildman–Crippen LogP) is 2.32. The van der Waals surface area contributed by atoms with E-state index in [1.807, 2.05) is 24.0 Å². The van der Waals surface area contributed by atoms with Crippen LogP contribution in [0.1, 0.15) is 18.3 Å². The highest BCUT2D eigenvalue weighted by Crippen LogP contribution is 2.37. The van der Waals surface area contributed by atoms with Gasteiger partial charge in [-0.25, -0.2) is 13.4 Å². The Morgan fingerprint density at radius 2 is 1.70 bits per heavy atom. The lowest BCUT2D eigenvalue weighted by Gasteiger charge is -2.34. The number of carbonyl (C=O) groups is 1. The van der Waals surface area contributed by atoms with Crippen molar-refractivity contribution < 1.29 is 26.4 Å². The van der Waals surface area contributed by atoms with E-state index in [9.17, 15) is 26.4 Å². The number of anilines is 2. The van der Waals surface area contributed by atoms with Gasteiger partial charge in [-0.2, -0.15) is 17.5 Å². The topological polar surface area (TPSA) is 105 Å². The predicted molar refractivity (Wildman–Crippen MR) is 128 cm³/mol. The number of benzene rings is 1. The number of fused-ring (bicyclic) bond motifs is 1. The third kappa shape index (κ3) is 4.55. The fraction of sp³-hybridized carbons (Fsp3) is 0.391. The van der Waals surface area contributed by atoms with Gasteiger partial charge in [-0.15, -0.1) is 10.2 Å². The van der Waals surface area contributed by atoms with Crippen LogP contribution in [0.3, 0.4) is 0 Å². The molecule has 0 spiro atoms. The number of alkyl halides is 3. The summed E-state index contributed by atoms with van der Waals surface area (Å²) in [4.78, 5) is 18.6. The van der Waals surface area contributed by atoms with Gasteiger partial charge in [0.05, 0.1) is 4.90 Å². The van der Waals surface area contributed by atoms with Crippen molar-refractivity contribution in [3.05, 3.63) is 54.1 Å². The van der Waals surface area contributed by atoms with Crippen LogP contribution in [0.15, 0.2) is 47.6 Å². The Hall–Kier alpha value is -3.52. The summed E-state index contributed by atoms with van der Waals surface area (Å²) in [6, 6.07) is 6.83. The van der Waals surface area contributed by atoms with Crippen LogP contribution in [0.25, 0.3) is 5.82 Å². The van der Waals surface area contributed by atoms with Gasteiger partial charge in [-0.3, -0.25) is 9.36 Å². The molecule has 0 N–H and O–H groups in total. The number of hydrogen-bond acceptors (Lipinski definition) is 7. The standard InChI is InChI=1S/C23H24F3N7O3S/c1-15-13-17-14-18(3-4-19(17)33(15)22(34)23(24,25)26)37(35,36)31-11-9-30(10-12-31)20-5-6-21(29-28-20)32-8-7-27-16(32)2/h3-8,14-15H,9-13H2,1-2H3. The molecule has 5 rings (SSSR count). The van der Waals surface area contributed by atoms with Crippen LogP contribution in [0, 0.1) is 6.92 Å². The first kappa shape index (κ1) is 25.1. The zero-order chi connectivity index (χ0) is 26.5. The number of sulfonamides is 1. The number of imidazole rings is 1. The van der Waals surface area contributed by atoms with Crippen LogP contribution >= 0.6 is 0 Å². The first-order chi connectivity index (χ1) is 17.5. The van der Waals surface area contributed by atoms with Crippen molar-refractivity contribution >= 4 is 27.4 Å². The number of aromatic nitrogens is 4. The number of carbonyl (C=O) groups excluding carboxylic acids is 1. The average Bonchev–Trinajstić information content (AvgIpc) is 3.44. The molecule has 2 aliphatic heterocycles. The number of hydrogen-bond donors (Lipinski definition) is 0. The number of rotatable bonds is 4. The van der Waals surface area contributed by atoms with Crippen LogP contribution in [-0.2, 0) is 21.2 Å².